The number of nitrogens with zero attached hydrogens (tertiary/aromatic N) is 4. The van der Waals surface area contributed by atoms with E-state index < -0.39 is 47.9 Å². The number of amides is 4. The van der Waals surface area contributed by atoms with Gasteiger partial charge in [-0.1, -0.05) is 37.1 Å². The van der Waals surface area contributed by atoms with Gasteiger partial charge in [-0.2, -0.15) is 81.0 Å². The lowest BCUT2D eigenvalue weighted by atomic mass is 9.90. The number of benzene rings is 2. The molecule has 6 fully saturated rings. The van der Waals surface area contributed by atoms with Crippen LogP contribution in [0, 0.1) is 23.7 Å². The number of ketones is 3. The standard InChI is InChI=1S/C33H47N3O6.C28H39N3O7.C4H9N.6H2S/c37-30(12-11-24-9-10-24)28-7-1-2-18-42-27-6-3-5-25(21-27)22-29(36-14-4-8-32(36)39)31(38)23-26(33(40)34-28)13-15-35-16-19-41-20-17-35;32-25-19-21(9-11-30-12-15-37-16-13-30)27(34)29-23(28(35)36)7-1-2-14-38-22-6-3-5-20(17-22)18-24(25)31-10-4-8-26(31)33;5-3-4-1-2-4;;;;;;/h3,5-6,21,24,26,28-29H,1-2,4,7-20,22-23H2,(H,34,40);3,5-6,17,21,23-24H,1-2,4,7-16,18-19H2,(H,29,34)(H,35,36);4H,1-3,5H2;6*1H2/t26-,28+,29+;21-,23+,24+;;;;;;;/m11......./s1. The van der Waals surface area contributed by atoms with Crippen molar-refractivity contribution < 1.29 is 62.4 Å². The van der Waals surface area contributed by atoms with Crippen LogP contribution in [0.2, 0.25) is 0 Å². The largest absolute Gasteiger partial charge is 0.494 e. The fraction of sp³-hybridized carbons (Fsp3) is 0.692. The first kappa shape index (κ1) is 83.4. The Hall–Kier alpha value is -3.70. The Morgan fingerprint density at radius 1 is 0.505 bits per heavy atom. The zero-order valence-corrected chi connectivity index (χ0v) is 59.1. The number of morpholine rings is 2. The molecule has 91 heavy (non-hydrogen) atoms. The summed E-state index contributed by atoms with van der Waals surface area (Å²) in [5, 5.41) is 15.5. The number of carboxylic acid groups (broad SMARTS) is 1. The van der Waals surface area contributed by atoms with Crippen molar-refractivity contribution >= 4 is 128 Å². The molecular formula is C65H107N7O13S6. The minimum absolute atomic E-state index is 0. The number of nitrogens with one attached hydrogen (secondary N) is 2. The van der Waals surface area contributed by atoms with Gasteiger partial charge in [0.25, 0.3) is 0 Å². The number of fused-ring (bicyclic) bond motifs is 4. The Labute approximate surface area is 581 Å². The van der Waals surface area contributed by atoms with Crippen molar-refractivity contribution in [3.63, 3.8) is 0 Å². The number of carbonyl (C=O) groups excluding carboxylic acids is 7. The third-order valence-corrected chi connectivity index (χ3v) is 18.0. The topological polar surface area (TPSA) is 257 Å². The number of hydrogen-bond donors (Lipinski definition) is 4. The zero-order chi connectivity index (χ0) is 59.9. The van der Waals surface area contributed by atoms with Gasteiger partial charge in [0.2, 0.25) is 23.6 Å². The van der Waals surface area contributed by atoms with Gasteiger partial charge in [-0.05, 0) is 150 Å². The molecule has 4 bridgehead atoms. The molecule has 6 atom stereocenters. The fourth-order valence-electron chi connectivity index (χ4n) is 12.2. The highest BCUT2D eigenvalue weighted by Gasteiger charge is 2.39. The summed E-state index contributed by atoms with van der Waals surface area (Å²) in [6.07, 6.45) is 14.1. The Bertz CT molecular complexity index is 2560. The van der Waals surface area contributed by atoms with E-state index in [9.17, 15) is 43.5 Å². The molecule has 2 aromatic carbocycles. The van der Waals surface area contributed by atoms with Gasteiger partial charge in [-0.25, -0.2) is 4.79 Å². The third kappa shape index (κ3) is 28.3. The van der Waals surface area contributed by atoms with Crippen molar-refractivity contribution in [3.8, 4) is 11.5 Å². The molecule has 4 saturated heterocycles. The number of hydrogen-bond acceptors (Lipinski definition) is 15. The lowest BCUT2D eigenvalue weighted by molar-refractivity contribution is -0.143. The first-order valence-corrected chi connectivity index (χ1v) is 32.0. The van der Waals surface area contributed by atoms with Crippen molar-refractivity contribution in [2.24, 2.45) is 29.4 Å². The second-order valence-corrected chi connectivity index (χ2v) is 24.6. The van der Waals surface area contributed by atoms with E-state index in [0.29, 0.717) is 148 Å². The molecule has 0 unspecified atom stereocenters. The van der Waals surface area contributed by atoms with E-state index in [4.69, 9.17) is 24.7 Å². The number of rotatable bonds is 14. The number of aliphatic carboxylic acids is 1. The summed E-state index contributed by atoms with van der Waals surface area (Å²) in [4.78, 5) is 114. The predicted octanol–water partition coefficient (Wildman–Crippen LogP) is 6.01. The molecule has 5 N–H and O–H groups in total. The van der Waals surface area contributed by atoms with E-state index >= 15 is 0 Å². The molecule has 2 aliphatic carbocycles. The molecule has 2 aromatic rings. The number of carboxylic acids is 1. The van der Waals surface area contributed by atoms with E-state index in [2.05, 4.69) is 20.4 Å². The van der Waals surface area contributed by atoms with Crippen LogP contribution in [0.5, 0.6) is 11.5 Å². The Balaban J connectivity index is 0.000000543. The molecule has 20 nitrogen and oxygen atoms in total. The molecule has 8 aliphatic rings. The van der Waals surface area contributed by atoms with Crippen LogP contribution in [0.1, 0.15) is 140 Å². The van der Waals surface area contributed by atoms with E-state index in [1.807, 2.05) is 48.5 Å². The summed E-state index contributed by atoms with van der Waals surface area (Å²) in [5.74, 6) is -0.251. The van der Waals surface area contributed by atoms with Crippen LogP contribution < -0.4 is 25.8 Å². The minimum Gasteiger partial charge on any atom is -0.494 e. The second-order valence-electron chi connectivity index (χ2n) is 24.6. The van der Waals surface area contributed by atoms with Crippen molar-refractivity contribution in [1.82, 2.24) is 30.2 Å². The number of ether oxygens (including phenoxy) is 4. The van der Waals surface area contributed by atoms with Crippen molar-refractivity contribution in [1.29, 1.82) is 0 Å². The maximum absolute atomic E-state index is 14.0. The molecule has 6 heterocycles. The number of carbonyl (C=O) groups is 8. The summed E-state index contributed by atoms with van der Waals surface area (Å²) in [6, 6.07) is 12.4. The average Bonchev–Trinajstić information content (AvgIpc) is 3.48. The van der Waals surface area contributed by atoms with Gasteiger partial charge in [0.05, 0.1) is 57.8 Å². The second kappa shape index (κ2) is 44.1. The van der Waals surface area contributed by atoms with E-state index in [0.717, 1.165) is 81.2 Å². The third-order valence-electron chi connectivity index (χ3n) is 18.0. The highest BCUT2D eigenvalue weighted by Crippen LogP contribution is 2.34. The highest BCUT2D eigenvalue weighted by atomic mass is 32.1. The first-order chi connectivity index (χ1) is 41.3. The summed E-state index contributed by atoms with van der Waals surface area (Å²) in [6.45, 7) is 9.87. The highest BCUT2D eigenvalue weighted by molar-refractivity contribution is 7.60. The Kier molecular flexibility index (Phi) is 40.4. The van der Waals surface area contributed by atoms with Crippen LogP contribution in [0.4, 0.5) is 0 Å². The van der Waals surface area contributed by atoms with Gasteiger partial charge >= 0.3 is 5.97 Å². The monoisotopic (exact) mass is 1390 g/mol. The molecule has 26 heteroatoms. The van der Waals surface area contributed by atoms with Crippen LogP contribution in [0.25, 0.3) is 0 Å². The van der Waals surface area contributed by atoms with Gasteiger partial charge in [0, 0.05) is 96.1 Å². The molecule has 4 amide bonds. The zero-order valence-electron chi connectivity index (χ0n) is 53.1. The molecule has 2 saturated carbocycles. The Morgan fingerprint density at radius 2 is 0.934 bits per heavy atom. The molecule has 6 aliphatic heterocycles. The van der Waals surface area contributed by atoms with Crippen LogP contribution in [-0.4, -0.2) is 194 Å². The van der Waals surface area contributed by atoms with E-state index in [1.165, 1.54) is 25.7 Å². The number of Topliss-reactive ketones (excluding diaryl/α,β-unsaturated/α-hetero) is 3. The molecule has 516 valence electrons. The summed E-state index contributed by atoms with van der Waals surface area (Å²) < 4.78 is 22.8. The smallest absolute Gasteiger partial charge is 0.326 e. The predicted molar refractivity (Wildman–Crippen MR) is 381 cm³/mol. The van der Waals surface area contributed by atoms with E-state index in [-0.39, 0.29) is 135 Å². The van der Waals surface area contributed by atoms with Crippen molar-refractivity contribution in [3.05, 3.63) is 59.7 Å². The summed E-state index contributed by atoms with van der Waals surface area (Å²) in [7, 11) is 0. The molecule has 0 radical (unpaired) electrons. The molecule has 0 aromatic heterocycles. The van der Waals surface area contributed by atoms with Gasteiger partial charge in [-0.3, -0.25) is 43.4 Å². The van der Waals surface area contributed by atoms with Crippen molar-refractivity contribution in [2.75, 3.05) is 98.5 Å². The molecule has 10 rings (SSSR count). The number of nitrogens with two attached hydrogens (primary N) is 1. The Morgan fingerprint density at radius 3 is 1.32 bits per heavy atom. The van der Waals surface area contributed by atoms with Gasteiger partial charge in [0.15, 0.2) is 17.3 Å². The minimum atomic E-state index is -1.09. The van der Waals surface area contributed by atoms with Crippen LogP contribution in [-0.2, 0) is 60.7 Å². The summed E-state index contributed by atoms with van der Waals surface area (Å²) in [5.41, 5.74) is 7.07. The van der Waals surface area contributed by atoms with Gasteiger partial charge < -0.3 is 50.2 Å². The normalized spacial score (nSPS) is 24.8. The molecular weight excluding hydrogens is 1280 g/mol. The van der Waals surface area contributed by atoms with Crippen LogP contribution in [0.15, 0.2) is 48.5 Å². The lowest BCUT2D eigenvalue weighted by Gasteiger charge is -2.31. The maximum Gasteiger partial charge on any atom is 0.326 e. The average molecular weight is 1390 g/mol. The van der Waals surface area contributed by atoms with E-state index in [1.54, 1.807) is 9.80 Å². The molecule has 0 spiro atoms. The lowest BCUT2D eigenvalue weighted by Crippen LogP contribution is -2.48. The van der Waals surface area contributed by atoms with Crippen LogP contribution in [0.3, 0.4) is 0 Å². The maximum atomic E-state index is 14.0. The van der Waals surface area contributed by atoms with Gasteiger partial charge in [-0.15, -0.1) is 0 Å². The first-order valence-electron chi connectivity index (χ1n) is 32.0. The SMILES string of the molecule is NCC1CC1.O=C1N[C@H](C(=O)CCC2CC2)CCCCOc2cccc(c2)C[C@H](N2CCCC2=O)C(=O)C[C@H]1CCN1CCOCC1.O=C1N[C@H](C(=O)O)CCCCOc2cccc(c2)C[C@H](N2CCCC2=O)C(=O)C[C@H]1CCN1CCOCC1.S.S.S.S.S.S. The summed E-state index contributed by atoms with van der Waals surface area (Å²) >= 11 is 0. The van der Waals surface area contributed by atoms with Crippen molar-refractivity contribution in [2.45, 2.75) is 165 Å². The quantitative estimate of drug-likeness (QED) is 0.169. The van der Waals surface area contributed by atoms with Gasteiger partial charge in [0.1, 0.15) is 17.5 Å². The fourth-order valence-corrected chi connectivity index (χ4v) is 12.2. The van der Waals surface area contributed by atoms with Crippen LogP contribution >= 0.6 is 81.0 Å². The number of likely N-dealkylation sites (tertiary alicyclic amines) is 2.